The van der Waals surface area contributed by atoms with Gasteiger partial charge in [-0.25, -0.2) is 9.48 Å². The van der Waals surface area contributed by atoms with E-state index in [1.807, 2.05) is 0 Å². The van der Waals surface area contributed by atoms with Crippen LogP contribution in [-0.2, 0) is 11.8 Å². The first-order valence-electron chi connectivity index (χ1n) is 4.76. The number of esters is 1. The van der Waals surface area contributed by atoms with Crippen molar-refractivity contribution >= 4 is 5.97 Å². The molecule has 0 saturated heterocycles. The lowest BCUT2D eigenvalue weighted by Crippen LogP contribution is -2.13. The number of carbonyl (C=O) groups is 1. The number of carbonyl (C=O) groups excluding carboxylic acids is 1. The minimum Gasteiger partial charge on any atom is -0.454 e. The van der Waals surface area contributed by atoms with Crippen molar-refractivity contribution in [2.75, 3.05) is 0 Å². The van der Waals surface area contributed by atoms with Crippen LogP contribution in [0.5, 0.6) is 5.88 Å². The van der Waals surface area contributed by atoms with Crippen LogP contribution in [0.25, 0.3) is 0 Å². The Morgan fingerprint density at radius 2 is 2.29 bits per heavy atom. The van der Waals surface area contributed by atoms with Crippen molar-refractivity contribution in [2.24, 2.45) is 7.05 Å². The molecule has 0 fully saturated rings. The van der Waals surface area contributed by atoms with Crippen LogP contribution in [0.3, 0.4) is 0 Å². The van der Waals surface area contributed by atoms with Crippen LogP contribution in [0.2, 0.25) is 0 Å². The highest BCUT2D eigenvalue weighted by Crippen LogP contribution is 2.15. The highest BCUT2D eigenvalue weighted by molar-refractivity contribution is 5.87. The monoisotopic (exact) mass is 246 g/mol. The molecule has 1 heterocycles. The van der Waals surface area contributed by atoms with E-state index >= 15 is 0 Å². The zero-order valence-electron chi connectivity index (χ0n) is 9.39. The van der Waals surface area contributed by atoms with Gasteiger partial charge in [-0.1, -0.05) is 12.7 Å². The van der Waals surface area contributed by atoms with Gasteiger partial charge in [0, 0.05) is 13.1 Å². The van der Waals surface area contributed by atoms with Gasteiger partial charge in [-0.2, -0.15) is 13.9 Å². The van der Waals surface area contributed by atoms with Crippen molar-refractivity contribution in [3.8, 4) is 5.88 Å². The zero-order valence-corrected chi connectivity index (χ0v) is 9.39. The predicted molar refractivity (Wildman–Crippen MR) is 54.9 cm³/mol. The first-order chi connectivity index (χ1) is 7.93. The summed E-state index contributed by atoms with van der Waals surface area (Å²) in [5.74, 6) is -0.935. The summed E-state index contributed by atoms with van der Waals surface area (Å²) in [5, 5.41) is 3.70. The Bertz CT molecular complexity index is 418. The van der Waals surface area contributed by atoms with E-state index in [-0.39, 0.29) is 11.6 Å². The van der Waals surface area contributed by atoms with Crippen LogP contribution in [0.1, 0.15) is 17.4 Å². The lowest BCUT2D eigenvalue weighted by molar-refractivity contribution is -0.0553. The second kappa shape index (κ2) is 5.42. The molecular weight excluding hydrogens is 234 g/mol. The van der Waals surface area contributed by atoms with Gasteiger partial charge in [0.15, 0.2) is 5.69 Å². The van der Waals surface area contributed by atoms with E-state index in [0.717, 1.165) is 10.7 Å². The summed E-state index contributed by atoms with van der Waals surface area (Å²) in [5.41, 5.74) is -0.100. The number of aromatic nitrogens is 2. The van der Waals surface area contributed by atoms with Gasteiger partial charge in [-0.3, -0.25) is 0 Å². The summed E-state index contributed by atoms with van der Waals surface area (Å²) in [4.78, 5) is 11.5. The standard InChI is InChI=1S/C10H12F2N2O3/c1-4-6(2)16-9(15)7-5-8(14(3)13-7)17-10(11)12/h4-6,10H,1H2,2-3H3. The van der Waals surface area contributed by atoms with Crippen molar-refractivity contribution in [1.82, 2.24) is 9.78 Å². The normalized spacial score (nSPS) is 12.3. The van der Waals surface area contributed by atoms with E-state index in [4.69, 9.17) is 4.74 Å². The third-order valence-electron chi connectivity index (χ3n) is 1.88. The van der Waals surface area contributed by atoms with Gasteiger partial charge in [0.1, 0.15) is 6.10 Å². The number of aryl methyl sites for hydroxylation is 1. The van der Waals surface area contributed by atoms with Gasteiger partial charge >= 0.3 is 12.6 Å². The van der Waals surface area contributed by atoms with E-state index in [1.54, 1.807) is 6.92 Å². The Kier molecular flexibility index (Phi) is 4.19. The maximum Gasteiger partial charge on any atom is 0.388 e. The average molecular weight is 246 g/mol. The molecule has 1 atom stereocenters. The summed E-state index contributed by atoms with van der Waals surface area (Å²) >= 11 is 0. The molecule has 0 aliphatic heterocycles. The molecule has 0 aromatic carbocycles. The zero-order chi connectivity index (χ0) is 13.0. The van der Waals surface area contributed by atoms with Crippen molar-refractivity contribution in [2.45, 2.75) is 19.6 Å². The summed E-state index contributed by atoms with van der Waals surface area (Å²) in [6.07, 6.45) is 0.946. The Morgan fingerprint density at radius 1 is 1.65 bits per heavy atom. The van der Waals surface area contributed by atoms with Gasteiger partial charge < -0.3 is 9.47 Å². The molecule has 0 aliphatic carbocycles. The number of nitrogens with zero attached hydrogens (tertiary/aromatic N) is 2. The molecule has 0 radical (unpaired) electrons. The minimum absolute atomic E-state index is 0.100. The lowest BCUT2D eigenvalue weighted by atomic mass is 10.4. The highest BCUT2D eigenvalue weighted by Gasteiger charge is 2.18. The quantitative estimate of drug-likeness (QED) is 0.586. The number of hydrogen-bond acceptors (Lipinski definition) is 4. The van der Waals surface area contributed by atoms with Crippen molar-refractivity contribution < 1.29 is 23.0 Å². The topological polar surface area (TPSA) is 53.4 Å². The van der Waals surface area contributed by atoms with Crippen molar-refractivity contribution in [3.05, 3.63) is 24.4 Å². The molecule has 1 rings (SSSR count). The van der Waals surface area contributed by atoms with E-state index in [1.165, 1.54) is 13.1 Å². The lowest BCUT2D eigenvalue weighted by Gasteiger charge is -2.05. The van der Waals surface area contributed by atoms with Crippen LogP contribution < -0.4 is 4.74 Å². The number of halogens is 2. The van der Waals surface area contributed by atoms with Crippen LogP contribution in [0, 0.1) is 0 Å². The third-order valence-corrected chi connectivity index (χ3v) is 1.88. The van der Waals surface area contributed by atoms with Crippen LogP contribution in [0.15, 0.2) is 18.7 Å². The van der Waals surface area contributed by atoms with Gasteiger partial charge in [-0.05, 0) is 6.92 Å². The number of ether oxygens (including phenoxy) is 2. The van der Waals surface area contributed by atoms with Crippen LogP contribution in [0.4, 0.5) is 8.78 Å². The SMILES string of the molecule is C=CC(C)OC(=O)c1cc(OC(F)F)n(C)n1. The average Bonchev–Trinajstić information content (AvgIpc) is 2.59. The molecule has 0 aliphatic rings. The largest absolute Gasteiger partial charge is 0.454 e. The number of alkyl halides is 2. The van der Waals surface area contributed by atoms with Crippen LogP contribution in [-0.4, -0.2) is 28.5 Å². The molecule has 0 amide bonds. The molecule has 0 spiro atoms. The van der Waals surface area contributed by atoms with Crippen molar-refractivity contribution in [1.29, 1.82) is 0 Å². The Labute approximate surface area is 96.6 Å². The fourth-order valence-corrected chi connectivity index (χ4v) is 1.03. The van der Waals surface area contributed by atoms with Gasteiger partial charge in [0.05, 0.1) is 0 Å². The second-order valence-corrected chi connectivity index (χ2v) is 3.22. The van der Waals surface area contributed by atoms with E-state index in [2.05, 4.69) is 16.4 Å². The van der Waals surface area contributed by atoms with Gasteiger partial charge in [0.2, 0.25) is 5.88 Å². The molecule has 17 heavy (non-hydrogen) atoms. The maximum absolute atomic E-state index is 12.0. The summed E-state index contributed by atoms with van der Waals surface area (Å²) in [6, 6.07) is 1.09. The second-order valence-electron chi connectivity index (χ2n) is 3.22. The van der Waals surface area contributed by atoms with E-state index < -0.39 is 18.7 Å². The smallest absolute Gasteiger partial charge is 0.388 e. The first kappa shape index (κ1) is 13.1. The number of hydrogen-bond donors (Lipinski definition) is 0. The third kappa shape index (κ3) is 3.54. The summed E-state index contributed by atoms with van der Waals surface area (Å²) in [6.45, 7) is 2.09. The Hall–Kier alpha value is -1.92. The predicted octanol–water partition coefficient (Wildman–Crippen LogP) is 1.75. The molecule has 0 bridgehead atoms. The highest BCUT2D eigenvalue weighted by atomic mass is 19.3. The molecule has 1 aromatic rings. The van der Waals surface area contributed by atoms with Crippen molar-refractivity contribution in [3.63, 3.8) is 0 Å². The fourth-order valence-electron chi connectivity index (χ4n) is 1.03. The van der Waals surface area contributed by atoms with E-state index in [0.29, 0.717) is 0 Å². The first-order valence-corrected chi connectivity index (χ1v) is 4.76. The van der Waals surface area contributed by atoms with Gasteiger partial charge in [-0.15, -0.1) is 0 Å². The fraction of sp³-hybridized carbons (Fsp3) is 0.400. The molecule has 0 N–H and O–H groups in total. The van der Waals surface area contributed by atoms with Crippen LogP contribution >= 0.6 is 0 Å². The molecule has 94 valence electrons. The summed E-state index contributed by atoms with van der Waals surface area (Å²) in [7, 11) is 1.38. The number of rotatable bonds is 5. The Morgan fingerprint density at radius 3 is 2.82 bits per heavy atom. The molecule has 5 nitrogen and oxygen atoms in total. The van der Waals surface area contributed by atoms with E-state index in [9.17, 15) is 13.6 Å². The molecule has 0 saturated carbocycles. The summed E-state index contributed by atoms with van der Waals surface area (Å²) < 4.78 is 34.0. The molecule has 7 heteroatoms. The molecule has 1 unspecified atom stereocenters. The minimum atomic E-state index is -2.97. The Balaban J connectivity index is 2.78. The molecular formula is C10H12F2N2O3. The molecule has 1 aromatic heterocycles. The maximum atomic E-state index is 12.0. The van der Waals surface area contributed by atoms with Gasteiger partial charge in [0.25, 0.3) is 0 Å².